The lowest BCUT2D eigenvalue weighted by Crippen LogP contribution is -1.99. The Hall–Kier alpha value is -0.660. The quantitative estimate of drug-likeness (QED) is 0.477. The molecular formula is C7H5BrClNO4S. The van der Waals surface area contributed by atoms with Crippen LogP contribution in [0.1, 0.15) is 5.56 Å². The number of nitro groups is 1. The highest BCUT2D eigenvalue weighted by Crippen LogP contribution is 2.32. The van der Waals surface area contributed by atoms with Gasteiger partial charge in [0.05, 0.1) is 4.92 Å². The molecule has 1 aromatic rings. The largest absolute Gasteiger partial charge is 0.290 e. The zero-order chi connectivity index (χ0) is 11.8. The second kappa shape index (κ2) is 4.07. The standard InChI is InChI=1S/C7H5BrClNO4S/c1-4-2-7(15(9,13)14)6(10(11)12)3-5(4)8/h2-3H,1H3. The van der Waals surface area contributed by atoms with Gasteiger partial charge >= 0.3 is 0 Å². The van der Waals surface area contributed by atoms with E-state index in [9.17, 15) is 18.5 Å². The monoisotopic (exact) mass is 313 g/mol. The van der Waals surface area contributed by atoms with Crippen molar-refractivity contribution in [2.75, 3.05) is 0 Å². The molecule has 0 atom stereocenters. The van der Waals surface area contributed by atoms with E-state index in [2.05, 4.69) is 15.9 Å². The van der Waals surface area contributed by atoms with Gasteiger partial charge in [0.1, 0.15) is 0 Å². The minimum atomic E-state index is -4.11. The molecule has 0 aliphatic heterocycles. The first kappa shape index (κ1) is 12.4. The maximum Gasteiger partial charge on any atom is 0.290 e. The van der Waals surface area contributed by atoms with Crippen LogP contribution >= 0.6 is 26.6 Å². The summed E-state index contributed by atoms with van der Waals surface area (Å²) < 4.78 is 22.6. The Morgan fingerprint density at radius 2 is 2.00 bits per heavy atom. The molecule has 8 heteroatoms. The van der Waals surface area contributed by atoms with Gasteiger partial charge < -0.3 is 0 Å². The lowest BCUT2D eigenvalue weighted by atomic mass is 10.2. The third-order valence-corrected chi connectivity index (χ3v) is 3.90. The third kappa shape index (κ3) is 2.67. The van der Waals surface area contributed by atoms with E-state index in [1.54, 1.807) is 6.92 Å². The molecule has 0 radical (unpaired) electrons. The van der Waals surface area contributed by atoms with Crippen molar-refractivity contribution >= 4 is 41.4 Å². The van der Waals surface area contributed by atoms with Gasteiger partial charge in [-0.2, -0.15) is 0 Å². The van der Waals surface area contributed by atoms with Crippen LogP contribution in [0, 0.1) is 17.0 Å². The molecule has 82 valence electrons. The zero-order valence-electron chi connectivity index (χ0n) is 7.40. The molecule has 5 nitrogen and oxygen atoms in total. The summed E-state index contributed by atoms with van der Waals surface area (Å²) in [5.74, 6) is 0. The van der Waals surface area contributed by atoms with Gasteiger partial charge in [0.15, 0.2) is 4.90 Å². The topological polar surface area (TPSA) is 77.3 Å². The summed E-state index contributed by atoms with van der Waals surface area (Å²) in [6, 6.07) is 2.27. The average molecular weight is 315 g/mol. The van der Waals surface area contributed by atoms with E-state index in [1.807, 2.05) is 0 Å². The van der Waals surface area contributed by atoms with Gasteiger partial charge in [-0.1, -0.05) is 15.9 Å². The Kier molecular flexibility index (Phi) is 3.37. The summed E-state index contributed by atoms with van der Waals surface area (Å²) in [7, 11) is 0.977. The van der Waals surface area contributed by atoms with Gasteiger partial charge in [-0.25, -0.2) is 8.42 Å². The van der Waals surface area contributed by atoms with Crippen LogP contribution in [0.2, 0.25) is 0 Å². The van der Waals surface area contributed by atoms with E-state index in [1.165, 1.54) is 0 Å². The van der Waals surface area contributed by atoms with E-state index in [0.717, 1.165) is 12.1 Å². The molecule has 0 heterocycles. The lowest BCUT2D eigenvalue weighted by Gasteiger charge is -2.02. The molecule has 0 amide bonds. The molecule has 1 rings (SSSR count). The summed E-state index contributed by atoms with van der Waals surface area (Å²) in [5.41, 5.74) is 0.0160. The van der Waals surface area contributed by atoms with Crippen LogP contribution in [0.5, 0.6) is 0 Å². The second-order valence-electron chi connectivity index (χ2n) is 2.76. The Morgan fingerprint density at radius 3 is 2.40 bits per heavy atom. The zero-order valence-corrected chi connectivity index (χ0v) is 10.6. The normalized spacial score (nSPS) is 11.4. The maximum atomic E-state index is 11.1. The molecular weight excluding hydrogens is 310 g/mol. The number of benzene rings is 1. The van der Waals surface area contributed by atoms with Gasteiger partial charge in [-0.3, -0.25) is 10.1 Å². The highest BCUT2D eigenvalue weighted by molar-refractivity contribution is 9.10. The minimum absolute atomic E-state index is 0.457. The Bertz CT molecular complexity index is 528. The van der Waals surface area contributed by atoms with E-state index in [4.69, 9.17) is 10.7 Å². The van der Waals surface area contributed by atoms with E-state index >= 15 is 0 Å². The highest BCUT2D eigenvalue weighted by Gasteiger charge is 2.25. The first-order valence-corrected chi connectivity index (χ1v) is 6.73. The Morgan fingerprint density at radius 1 is 1.47 bits per heavy atom. The van der Waals surface area contributed by atoms with E-state index in [0.29, 0.717) is 10.0 Å². The number of aryl methyl sites for hydroxylation is 1. The van der Waals surface area contributed by atoms with Crippen molar-refractivity contribution < 1.29 is 13.3 Å². The smallest absolute Gasteiger partial charge is 0.258 e. The summed E-state index contributed by atoms with van der Waals surface area (Å²) in [6.07, 6.45) is 0. The van der Waals surface area contributed by atoms with Crippen molar-refractivity contribution in [3.05, 3.63) is 32.3 Å². The fourth-order valence-corrected chi connectivity index (χ4v) is 2.39. The van der Waals surface area contributed by atoms with Gasteiger partial charge in [-0.15, -0.1) is 0 Å². The van der Waals surface area contributed by atoms with Crippen molar-refractivity contribution in [1.82, 2.24) is 0 Å². The number of halogens is 2. The molecule has 0 unspecified atom stereocenters. The molecule has 1 aromatic carbocycles. The van der Waals surface area contributed by atoms with Gasteiger partial charge in [0.2, 0.25) is 0 Å². The molecule has 0 N–H and O–H groups in total. The van der Waals surface area contributed by atoms with Crippen LogP contribution in [-0.4, -0.2) is 13.3 Å². The van der Waals surface area contributed by atoms with Gasteiger partial charge in [0.25, 0.3) is 14.7 Å². The van der Waals surface area contributed by atoms with Gasteiger partial charge in [-0.05, 0) is 18.6 Å². The molecule has 0 saturated carbocycles. The molecule has 0 bridgehead atoms. The fraction of sp³-hybridized carbons (Fsp3) is 0.143. The summed E-state index contributed by atoms with van der Waals surface area (Å²) in [5, 5.41) is 10.6. The van der Waals surface area contributed by atoms with Crippen LogP contribution in [0.15, 0.2) is 21.5 Å². The molecule has 0 aromatic heterocycles. The van der Waals surface area contributed by atoms with Crippen molar-refractivity contribution in [2.24, 2.45) is 0 Å². The molecule has 0 fully saturated rings. The van der Waals surface area contributed by atoms with Crippen molar-refractivity contribution in [2.45, 2.75) is 11.8 Å². The molecule has 0 saturated heterocycles. The van der Waals surface area contributed by atoms with Crippen LogP contribution < -0.4 is 0 Å². The Labute approximate surface area is 98.7 Å². The minimum Gasteiger partial charge on any atom is -0.258 e. The first-order chi connectivity index (χ1) is 6.73. The summed E-state index contributed by atoms with van der Waals surface area (Å²) in [6.45, 7) is 1.61. The first-order valence-electron chi connectivity index (χ1n) is 3.62. The molecule has 0 aliphatic rings. The van der Waals surface area contributed by atoms with Crippen molar-refractivity contribution in [3.63, 3.8) is 0 Å². The fourth-order valence-electron chi connectivity index (χ4n) is 0.982. The highest BCUT2D eigenvalue weighted by atomic mass is 79.9. The van der Waals surface area contributed by atoms with Crippen LogP contribution in [0.4, 0.5) is 5.69 Å². The molecule has 15 heavy (non-hydrogen) atoms. The third-order valence-electron chi connectivity index (χ3n) is 1.70. The number of hydrogen-bond donors (Lipinski definition) is 0. The SMILES string of the molecule is Cc1cc(S(=O)(=O)Cl)c([N+](=O)[O-])cc1Br. The van der Waals surface area contributed by atoms with E-state index in [-0.39, 0.29) is 0 Å². The Balaban J connectivity index is 3.64. The van der Waals surface area contributed by atoms with Crippen LogP contribution in [0.3, 0.4) is 0 Å². The lowest BCUT2D eigenvalue weighted by molar-refractivity contribution is -0.387. The average Bonchev–Trinajstić information content (AvgIpc) is 2.06. The second-order valence-corrected chi connectivity index (χ2v) is 6.15. The molecule has 0 spiro atoms. The van der Waals surface area contributed by atoms with Crippen molar-refractivity contribution in [3.8, 4) is 0 Å². The predicted molar refractivity (Wildman–Crippen MR) is 58.6 cm³/mol. The van der Waals surface area contributed by atoms with E-state index < -0.39 is 24.6 Å². The van der Waals surface area contributed by atoms with Crippen LogP contribution in [-0.2, 0) is 9.05 Å². The number of rotatable bonds is 2. The van der Waals surface area contributed by atoms with Crippen molar-refractivity contribution in [1.29, 1.82) is 0 Å². The van der Waals surface area contributed by atoms with Crippen LogP contribution in [0.25, 0.3) is 0 Å². The number of nitrogens with zero attached hydrogens (tertiary/aromatic N) is 1. The van der Waals surface area contributed by atoms with Gasteiger partial charge in [0, 0.05) is 21.2 Å². The summed E-state index contributed by atoms with van der Waals surface area (Å²) in [4.78, 5) is 9.31. The summed E-state index contributed by atoms with van der Waals surface area (Å²) >= 11 is 3.07. The predicted octanol–water partition coefficient (Wildman–Crippen LogP) is 2.59. The maximum absolute atomic E-state index is 11.1. The number of hydrogen-bond acceptors (Lipinski definition) is 4. The molecule has 0 aliphatic carbocycles. The number of nitro benzene ring substituents is 1.